The summed E-state index contributed by atoms with van der Waals surface area (Å²) in [7, 11) is 1.04. The Kier molecular flexibility index (Phi) is 4.12. The van der Waals surface area contributed by atoms with Crippen LogP contribution >= 0.6 is 12.6 Å². The number of hydrogen-bond acceptors (Lipinski definition) is 2. The van der Waals surface area contributed by atoms with Gasteiger partial charge in [-0.2, -0.15) is 25.8 Å². The van der Waals surface area contributed by atoms with E-state index in [1.807, 2.05) is 0 Å². The quantitative estimate of drug-likeness (QED) is 0.643. The molecule has 5 heteroatoms. The summed E-state index contributed by atoms with van der Waals surface area (Å²) >= 11 is 3.67. The standard InChI is InChI=1S/C5H9F3OS/c1-9-4(2-3-10)5(6,7)8/h4,10H,2-3H2,1H3. The summed E-state index contributed by atoms with van der Waals surface area (Å²) in [5.41, 5.74) is 0. The molecule has 62 valence electrons. The second-order valence-electron chi connectivity index (χ2n) is 1.78. The van der Waals surface area contributed by atoms with Crippen LogP contribution in [0.25, 0.3) is 0 Å². The van der Waals surface area contributed by atoms with E-state index in [1.54, 1.807) is 0 Å². The number of hydrogen-bond donors (Lipinski definition) is 1. The van der Waals surface area contributed by atoms with Gasteiger partial charge in [-0.05, 0) is 12.2 Å². The smallest absolute Gasteiger partial charge is 0.372 e. The maximum absolute atomic E-state index is 11.7. The molecule has 0 saturated heterocycles. The van der Waals surface area contributed by atoms with Crippen LogP contribution in [0.1, 0.15) is 6.42 Å². The number of thiol groups is 1. The number of ether oxygens (including phenoxy) is 1. The van der Waals surface area contributed by atoms with Crippen LogP contribution in [0.5, 0.6) is 0 Å². The molecule has 0 radical (unpaired) electrons. The molecule has 1 atom stereocenters. The molecule has 0 aliphatic rings. The van der Waals surface area contributed by atoms with Crippen molar-refractivity contribution >= 4 is 12.6 Å². The van der Waals surface area contributed by atoms with Gasteiger partial charge in [-0.3, -0.25) is 0 Å². The summed E-state index contributed by atoms with van der Waals surface area (Å²) in [6.45, 7) is 0. The summed E-state index contributed by atoms with van der Waals surface area (Å²) in [5, 5.41) is 0. The summed E-state index contributed by atoms with van der Waals surface area (Å²) in [4.78, 5) is 0. The lowest BCUT2D eigenvalue weighted by atomic mass is 10.3. The lowest BCUT2D eigenvalue weighted by Crippen LogP contribution is -2.30. The minimum atomic E-state index is -4.25. The van der Waals surface area contributed by atoms with Crippen molar-refractivity contribution in [1.29, 1.82) is 0 Å². The molecular weight excluding hydrogens is 165 g/mol. The highest BCUT2D eigenvalue weighted by Gasteiger charge is 2.38. The van der Waals surface area contributed by atoms with Crippen molar-refractivity contribution in [2.45, 2.75) is 18.7 Å². The van der Waals surface area contributed by atoms with Crippen LogP contribution in [0.4, 0.5) is 13.2 Å². The summed E-state index contributed by atoms with van der Waals surface area (Å²) < 4.78 is 39.4. The Bertz CT molecular complexity index is 93.4. The molecule has 1 nitrogen and oxygen atoms in total. The molecular formula is C5H9F3OS. The van der Waals surface area contributed by atoms with Crippen molar-refractivity contribution in [2.75, 3.05) is 12.9 Å². The number of methoxy groups -OCH3 is 1. The van der Waals surface area contributed by atoms with Crippen molar-refractivity contribution in [3.63, 3.8) is 0 Å². The lowest BCUT2D eigenvalue weighted by molar-refractivity contribution is -0.212. The largest absolute Gasteiger partial charge is 0.414 e. The van der Waals surface area contributed by atoms with E-state index >= 15 is 0 Å². The second kappa shape index (κ2) is 4.08. The topological polar surface area (TPSA) is 9.23 Å². The Hall–Kier alpha value is 0.100. The number of alkyl halides is 3. The van der Waals surface area contributed by atoms with Crippen molar-refractivity contribution < 1.29 is 17.9 Å². The predicted octanol–water partition coefficient (Wildman–Crippen LogP) is 1.88. The molecule has 0 spiro atoms. The predicted molar refractivity (Wildman–Crippen MR) is 35.3 cm³/mol. The Morgan fingerprint density at radius 1 is 1.50 bits per heavy atom. The van der Waals surface area contributed by atoms with Crippen LogP contribution < -0.4 is 0 Å². The van der Waals surface area contributed by atoms with Gasteiger partial charge in [-0.15, -0.1) is 0 Å². The number of rotatable bonds is 3. The van der Waals surface area contributed by atoms with E-state index in [0.717, 1.165) is 7.11 Å². The molecule has 0 amide bonds. The fourth-order valence-corrected chi connectivity index (χ4v) is 0.767. The fraction of sp³-hybridized carbons (Fsp3) is 1.00. The van der Waals surface area contributed by atoms with E-state index in [-0.39, 0.29) is 12.2 Å². The van der Waals surface area contributed by atoms with Gasteiger partial charge >= 0.3 is 6.18 Å². The van der Waals surface area contributed by atoms with Gasteiger partial charge in [0.1, 0.15) is 0 Å². The van der Waals surface area contributed by atoms with Crippen molar-refractivity contribution in [3.05, 3.63) is 0 Å². The van der Waals surface area contributed by atoms with Crippen LogP contribution in [-0.2, 0) is 4.74 Å². The summed E-state index contributed by atoms with van der Waals surface area (Å²) in [6.07, 6.45) is -6.01. The maximum Gasteiger partial charge on any atom is 0.414 e. The summed E-state index contributed by atoms with van der Waals surface area (Å²) in [5.74, 6) is 0.179. The molecule has 0 N–H and O–H groups in total. The van der Waals surface area contributed by atoms with Gasteiger partial charge in [0.15, 0.2) is 6.10 Å². The molecule has 10 heavy (non-hydrogen) atoms. The minimum Gasteiger partial charge on any atom is -0.372 e. The van der Waals surface area contributed by atoms with E-state index < -0.39 is 12.3 Å². The van der Waals surface area contributed by atoms with Crippen molar-refractivity contribution in [2.24, 2.45) is 0 Å². The first-order valence-corrected chi connectivity index (χ1v) is 3.36. The van der Waals surface area contributed by atoms with Gasteiger partial charge in [0, 0.05) is 7.11 Å². The van der Waals surface area contributed by atoms with Gasteiger partial charge in [0.05, 0.1) is 0 Å². The van der Waals surface area contributed by atoms with Crippen LogP contribution in [0.3, 0.4) is 0 Å². The zero-order valence-electron chi connectivity index (χ0n) is 5.48. The molecule has 1 unspecified atom stereocenters. The first-order valence-electron chi connectivity index (χ1n) is 2.72. The molecule has 0 aromatic carbocycles. The first kappa shape index (κ1) is 10.1. The Balaban J connectivity index is 3.81. The minimum absolute atomic E-state index is 0.0941. The summed E-state index contributed by atoms with van der Waals surface area (Å²) in [6, 6.07) is 0. The molecule has 0 heterocycles. The molecule has 0 fully saturated rings. The van der Waals surface area contributed by atoms with Gasteiger partial charge in [-0.25, -0.2) is 0 Å². The second-order valence-corrected chi connectivity index (χ2v) is 2.23. The zero-order valence-corrected chi connectivity index (χ0v) is 6.38. The highest BCUT2D eigenvalue weighted by atomic mass is 32.1. The van der Waals surface area contributed by atoms with Crippen LogP contribution in [0.15, 0.2) is 0 Å². The maximum atomic E-state index is 11.7. The lowest BCUT2D eigenvalue weighted by Gasteiger charge is -2.16. The molecule has 0 rings (SSSR count). The highest BCUT2D eigenvalue weighted by Crippen LogP contribution is 2.24. The molecule has 0 aromatic heterocycles. The Labute approximate surface area is 63.0 Å². The van der Waals surface area contributed by atoms with Crippen LogP contribution in [-0.4, -0.2) is 25.1 Å². The normalized spacial score (nSPS) is 15.3. The van der Waals surface area contributed by atoms with E-state index in [9.17, 15) is 13.2 Å². The SMILES string of the molecule is COC(CCS)C(F)(F)F. The van der Waals surface area contributed by atoms with E-state index in [0.29, 0.717) is 0 Å². The molecule has 0 aliphatic carbocycles. The average molecular weight is 174 g/mol. The third kappa shape index (κ3) is 3.31. The molecule has 0 aliphatic heterocycles. The van der Waals surface area contributed by atoms with E-state index in [2.05, 4.69) is 17.4 Å². The zero-order chi connectivity index (χ0) is 8.20. The molecule has 0 bridgehead atoms. The third-order valence-corrected chi connectivity index (χ3v) is 1.30. The van der Waals surface area contributed by atoms with Crippen molar-refractivity contribution in [3.8, 4) is 0 Å². The van der Waals surface area contributed by atoms with Gasteiger partial charge < -0.3 is 4.74 Å². The Morgan fingerprint density at radius 2 is 2.00 bits per heavy atom. The highest BCUT2D eigenvalue weighted by molar-refractivity contribution is 7.80. The fourth-order valence-electron chi connectivity index (χ4n) is 0.532. The van der Waals surface area contributed by atoms with Gasteiger partial charge in [-0.1, -0.05) is 0 Å². The first-order chi connectivity index (χ1) is 4.52. The van der Waals surface area contributed by atoms with Gasteiger partial charge in [0.2, 0.25) is 0 Å². The Morgan fingerprint density at radius 3 is 2.10 bits per heavy atom. The van der Waals surface area contributed by atoms with Gasteiger partial charge in [0.25, 0.3) is 0 Å². The molecule has 0 aromatic rings. The molecule has 0 saturated carbocycles. The van der Waals surface area contributed by atoms with E-state index in [1.165, 1.54) is 0 Å². The van der Waals surface area contributed by atoms with Crippen LogP contribution in [0.2, 0.25) is 0 Å². The third-order valence-electron chi connectivity index (χ3n) is 1.04. The van der Waals surface area contributed by atoms with E-state index in [4.69, 9.17) is 0 Å². The number of halogens is 3. The monoisotopic (exact) mass is 174 g/mol. The van der Waals surface area contributed by atoms with Crippen molar-refractivity contribution in [1.82, 2.24) is 0 Å². The van der Waals surface area contributed by atoms with Crippen LogP contribution in [0, 0.1) is 0 Å². The average Bonchev–Trinajstić information content (AvgIpc) is 1.80.